The van der Waals surface area contributed by atoms with Crippen LogP contribution in [-0.2, 0) is 6.42 Å². The van der Waals surface area contributed by atoms with E-state index in [1.54, 1.807) is 12.1 Å². The zero-order valence-electron chi connectivity index (χ0n) is 15.8. The summed E-state index contributed by atoms with van der Waals surface area (Å²) in [7, 11) is 0. The highest BCUT2D eigenvalue weighted by atomic mass is 19.3. The monoisotopic (exact) mass is 378 g/mol. The van der Waals surface area contributed by atoms with Crippen LogP contribution in [0.3, 0.4) is 0 Å². The van der Waals surface area contributed by atoms with Crippen molar-refractivity contribution < 1.29 is 18.6 Å². The zero-order chi connectivity index (χ0) is 19.5. The topological polar surface area (TPSA) is 55.2 Å². The number of benzene rings is 1. The van der Waals surface area contributed by atoms with Gasteiger partial charge < -0.3 is 9.84 Å². The molecule has 0 radical (unpaired) electrons. The Labute approximate surface area is 159 Å². The predicted octanol–water partition coefficient (Wildman–Crippen LogP) is 5.40. The molecule has 0 aliphatic rings. The van der Waals surface area contributed by atoms with Crippen LogP contribution < -0.4 is 4.74 Å². The van der Waals surface area contributed by atoms with E-state index in [1.807, 2.05) is 24.5 Å². The van der Waals surface area contributed by atoms with Gasteiger partial charge in [-0.3, -0.25) is 0 Å². The fourth-order valence-electron chi connectivity index (χ4n) is 2.74. The maximum atomic E-state index is 12.3. The highest BCUT2D eigenvalue weighted by Gasteiger charge is 2.22. The summed E-state index contributed by atoms with van der Waals surface area (Å²) in [6.45, 7) is 2.34. The van der Waals surface area contributed by atoms with Gasteiger partial charge in [0.05, 0.1) is 6.61 Å². The Kier molecular flexibility index (Phi) is 8.58. The van der Waals surface area contributed by atoms with E-state index in [-0.39, 0.29) is 13.0 Å². The van der Waals surface area contributed by atoms with Crippen molar-refractivity contribution in [2.24, 2.45) is 0 Å². The molecule has 27 heavy (non-hydrogen) atoms. The number of hydrogen-bond acceptors (Lipinski definition) is 4. The molecule has 0 amide bonds. The van der Waals surface area contributed by atoms with Crippen molar-refractivity contribution in [3.63, 3.8) is 0 Å². The molecule has 0 bridgehead atoms. The Morgan fingerprint density at radius 1 is 0.963 bits per heavy atom. The van der Waals surface area contributed by atoms with Gasteiger partial charge in [-0.25, -0.2) is 9.97 Å². The molecule has 2 rings (SSSR count). The Hall–Kier alpha value is -2.08. The number of rotatable bonds is 12. The van der Waals surface area contributed by atoms with E-state index in [0.29, 0.717) is 11.6 Å². The first-order chi connectivity index (χ1) is 13.0. The van der Waals surface area contributed by atoms with Gasteiger partial charge >= 0.3 is 6.11 Å². The molecule has 0 aliphatic heterocycles. The van der Waals surface area contributed by atoms with Gasteiger partial charge in [0.1, 0.15) is 5.75 Å². The minimum Gasteiger partial charge on any atom is -0.494 e. The molecule has 6 heteroatoms. The number of aryl methyl sites for hydroxylation is 1. The van der Waals surface area contributed by atoms with Crippen molar-refractivity contribution >= 4 is 0 Å². The SMILES string of the molecule is CCCCCCCc1cnc(-c2ccc(OCCCC(O)(F)F)cc2)nc1. The van der Waals surface area contributed by atoms with Gasteiger partial charge in [0.25, 0.3) is 0 Å². The number of nitrogens with zero attached hydrogens (tertiary/aromatic N) is 2. The molecule has 1 heterocycles. The molecule has 1 aromatic heterocycles. The smallest absolute Gasteiger partial charge is 0.353 e. The average Bonchev–Trinajstić information content (AvgIpc) is 2.65. The third-order valence-corrected chi connectivity index (χ3v) is 4.28. The highest BCUT2D eigenvalue weighted by Crippen LogP contribution is 2.21. The van der Waals surface area contributed by atoms with Gasteiger partial charge in [0.15, 0.2) is 5.82 Å². The number of halogens is 2. The molecule has 0 atom stereocenters. The van der Waals surface area contributed by atoms with Crippen LogP contribution in [0.15, 0.2) is 36.7 Å². The Morgan fingerprint density at radius 2 is 1.63 bits per heavy atom. The maximum absolute atomic E-state index is 12.3. The number of hydrogen-bond donors (Lipinski definition) is 1. The molecule has 0 spiro atoms. The number of unbranched alkanes of at least 4 members (excludes halogenated alkanes) is 4. The van der Waals surface area contributed by atoms with E-state index in [0.717, 1.165) is 24.0 Å². The number of aromatic nitrogens is 2. The normalized spacial score (nSPS) is 11.6. The summed E-state index contributed by atoms with van der Waals surface area (Å²) < 4.78 is 30.0. The Balaban J connectivity index is 1.78. The lowest BCUT2D eigenvalue weighted by Crippen LogP contribution is -2.15. The molecule has 0 fully saturated rings. The van der Waals surface area contributed by atoms with E-state index in [1.165, 1.54) is 25.7 Å². The van der Waals surface area contributed by atoms with Crippen LogP contribution >= 0.6 is 0 Å². The van der Waals surface area contributed by atoms with Gasteiger partial charge in [0, 0.05) is 24.4 Å². The first-order valence-electron chi connectivity index (χ1n) is 9.62. The average molecular weight is 378 g/mol. The Morgan fingerprint density at radius 3 is 2.26 bits per heavy atom. The molecular weight excluding hydrogens is 350 g/mol. The fraction of sp³-hybridized carbons (Fsp3) is 0.524. The second-order valence-electron chi connectivity index (χ2n) is 6.72. The van der Waals surface area contributed by atoms with Gasteiger partial charge in [-0.2, -0.15) is 8.78 Å². The van der Waals surface area contributed by atoms with Gasteiger partial charge in [0.2, 0.25) is 0 Å². The molecule has 0 saturated heterocycles. The largest absolute Gasteiger partial charge is 0.494 e. The third-order valence-electron chi connectivity index (χ3n) is 4.28. The lowest BCUT2D eigenvalue weighted by molar-refractivity contribution is -0.204. The predicted molar refractivity (Wildman–Crippen MR) is 102 cm³/mol. The van der Waals surface area contributed by atoms with Crippen LogP contribution in [0.1, 0.15) is 57.4 Å². The van der Waals surface area contributed by atoms with Crippen LogP contribution in [0.5, 0.6) is 5.75 Å². The van der Waals surface area contributed by atoms with Crippen molar-refractivity contribution in [1.82, 2.24) is 9.97 Å². The number of ether oxygens (including phenoxy) is 1. The van der Waals surface area contributed by atoms with Crippen molar-refractivity contribution in [2.45, 2.75) is 64.4 Å². The summed E-state index contributed by atoms with van der Waals surface area (Å²) >= 11 is 0. The number of aliphatic hydroxyl groups is 1. The third kappa shape index (κ3) is 8.43. The van der Waals surface area contributed by atoms with E-state index in [2.05, 4.69) is 16.9 Å². The second kappa shape index (κ2) is 10.9. The van der Waals surface area contributed by atoms with Crippen LogP contribution in [0.2, 0.25) is 0 Å². The van der Waals surface area contributed by atoms with Gasteiger partial charge in [-0.1, -0.05) is 32.6 Å². The van der Waals surface area contributed by atoms with Crippen LogP contribution in [0.25, 0.3) is 11.4 Å². The lowest BCUT2D eigenvalue weighted by Gasteiger charge is -2.10. The molecular formula is C21H28F2N2O2. The van der Waals surface area contributed by atoms with Crippen LogP contribution in [0, 0.1) is 0 Å². The minimum absolute atomic E-state index is 0.0776. The van der Waals surface area contributed by atoms with Gasteiger partial charge in [-0.05, 0) is 49.1 Å². The summed E-state index contributed by atoms with van der Waals surface area (Å²) in [5.74, 6) is 1.24. The first kappa shape index (κ1) is 21.2. The van der Waals surface area contributed by atoms with Crippen molar-refractivity contribution in [3.05, 3.63) is 42.2 Å². The molecule has 1 aromatic carbocycles. The van der Waals surface area contributed by atoms with E-state index in [4.69, 9.17) is 9.84 Å². The van der Waals surface area contributed by atoms with Crippen molar-refractivity contribution in [3.8, 4) is 17.1 Å². The molecule has 148 valence electrons. The first-order valence-corrected chi connectivity index (χ1v) is 9.62. The van der Waals surface area contributed by atoms with E-state index >= 15 is 0 Å². The van der Waals surface area contributed by atoms with E-state index < -0.39 is 12.5 Å². The van der Waals surface area contributed by atoms with E-state index in [9.17, 15) is 8.78 Å². The Bertz CT molecular complexity index is 655. The summed E-state index contributed by atoms with van der Waals surface area (Å²) in [5, 5.41) is 8.38. The quantitative estimate of drug-likeness (QED) is 0.502. The van der Waals surface area contributed by atoms with Crippen LogP contribution in [0.4, 0.5) is 8.78 Å². The zero-order valence-corrected chi connectivity index (χ0v) is 15.8. The molecule has 2 aromatic rings. The summed E-state index contributed by atoms with van der Waals surface area (Å²) in [6, 6.07) is 7.21. The molecule has 1 N–H and O–H groups in total. The van der Waals surface area contributed by atoms with Crippen molar-refractivity contribution in [2.75, 3.05) is 6.61 Å². The minimum atomic E-state index is -3.63. The molecule has 0 saturated carbocycles. The van der Waals surface area contributed by atoms with Crippen molar-refractivity contribution in [1.29, 1.82) is 0 Å². The number of alkyl halides is 2. The maximum Gasteiger partial charge on any atom is 0.353 e. The highest BCUT2D eigenvalue weighted by molar-refractivity contribution is 5.55. The lowest BCUT2D eigenvalue weighted by atomic mass is 10.1. The molecule has 0 unspecified atom stereocenters. The molecule has 4 nitrogen and oxygen atoms in total. The summed E-state index contributed by atoms with van der Waals surface area (Å²) in [5.41, 5.74) is 2.02. The van der Waals surface area contributed by atoms with Gasteiger partial charge in [-0.15, -0.1) is 0 Å². The van der Waals surface area contributed by atoms with Crippen LogP contribution in [-0.4, -0.2) is 27.8 Å². The summed E-state index contributed by atoms with van der Waals surface area (Å²) in [4.78, 5) is 8.87. The fourth-order valence-corrected chi connectivity index (χ4v) is 2.74. The molecule has 0 aliphatic carbocycles. The summed E-state index contributed by atoms with van der Waals surface area (Å²) in [6.07, 6.45) is 6.83. The second-order valence-corrected chi connectivity index (χ2v) is 6.72. The standard InChI is InChI=1S/C21H28F2N2O2/c1-2-3-4-5-6-8-17-15-24-20(25-16-17)18-9-11-19(12-10-18)27-14-7-13-21(22,23)26/h9-12,15-16,26H,2-8,13-14H2,1H3.